The molecule has 0 amide bonds. The number of hydrogen-bond acceptors (Lipinski definition) is 4. The first-order chi connectivity index (χ1) is 6.43. The summed E-state index contributed by atoms with van der Waals surface area (Å²) in [5, 5.41) is 6.90. The van der Waals surface area contributed by atoms with Crippen LogP contribution in [-0.4, -0.2) is 5.16 Å². The van der Waals surface area contributed by atoms with Gasteiger partial charge in [0.15, 0.2) is 0 Å². The SMILES string of the molecule is c1ccc2c(c1)Nc1oncc1S2. The molecule has 0 unspecified atom stereocenters. The first kappa shape index (κ1) is 7.03. The van der Waals surface area contributed by atoms with Gasteiger partial charge in [0.1, 0.15) is 0 Å². The first-order valence-corrected chi connectivity index (χ1v) is 4.74. The number of para-hydroxylation sites is 1. The topological polar surface area (TPSA) is 38.1 Å². The quantitative estimate of drug-likeness (QED) is 0.591. The van der Waals surface area contributed by atoms with Crippen LogP contribution in [0, 0.1) is 0 Å². The largest absolute Gasteiger partial charge is 0.337 e. The van der Waals surface area contributed by atoms with Crippen LogP contribution in [0.25, 0.3) is 0 Å². The predicted molar refractivity (Wildman–Crippen MR) is 50.4 cm³/mol. The Morgan fingerprint density at radius 1 is 1.23 bits per heavy atom. The Hall–Kier alpha value is -1.42. The van der Waals surface area contributed by atoms with Crippen LogP contribution in [0.15, 0.2) is 44.8 Å². The Balaban J connectivity index is 2.14. The molecule has 0 saturated carbocycles. The van der Waals surface area contributed by atoms with Gasteiger partial charge in [0.2, 0.25) is 5.88 Å². The highest BCUT2D eigenvalue weighted by molar-refractivity contribution is 7.99. The van der Waals surface area contributed by atoms with E-state index in [0.29, 0.717) is 0 Å². The van der Waals surface area contributed by atoms with Gasteiger partial charge in [-0.1, -0.05) is 29.1 Å². The van der Waals surface area contributed by atoms with Crippen LogP contribution in [0.5, 0.6) is 0 Å². The number of aromatic nitrogens is 1. The van der Waals surface area contributed by atoms with Gasteiger partial charge in [-0.15, -0.1) is 0 Å². The third-order valence-corrected chi connectivity index (χ3v) is 2.98. The monoisotopic (exact) mass is 190 g/mol. The van der Waals surface area contributed by atoms with E-state index in [4.69, 9.17) is 4.52 Å². The second kappa shape index (κ2) is 2.53. The molecule has 0 aliphatic carbocycles. The highest BCUT2D eigenvalue weighted by Crippen LogP contribution is 2.43. The van der Waals surface area contributed by atoms with Gasteiger partial charge in [0.05, 0.1) is 16.8 Å². The number of nitrogens with zero attached hydrogens (tertiary/aromatic N) is 1. The number of anilines is 2. The van der Waals surface area contributed by atoms with Gasteiger partial charge in [0.25, 0.3) is 0 Å². The summed E-state index contributed by atoms with van der Waals surface area (Å²) >= 11 is 1.67. The molecule has 1 aromatic carbocycles. The molecule has 0 spiro atoms. The Bertz CT molecular complexity index is 413. The van der Waals surface area contributed by atoms with E-state index in [-0.39, 0.29) is 0 Å². The van der Waals surface area contributed by atoms with Crippen LogP contribution < -0.4 is 5.32 Å². The summed E-state index contributed by atoms with van der Waals surface area (Å²) in [5.41, 5.74) is 1.08. The molecule has 0 radical (unpaired) electrons. The van der Waals surface area contributed by atoms with Crippen LogP contribution >= 0.6 is 11.8 Å². The Morgan fingerprint density at radius 3 is 3.15 bits per heavy atom. The lowest BCUT2D eigenvalue weighted by Crippen LogP contribution is -1.96. The Labute approximate surface area is 79.1 Å². The van der Waals surface area contributed by atoms with Crippen molar-refractivity contribution in [2.24, 2.45) is 0 Å². The van der Waals surface area contributed by atoms with Crippen LogP contribution in [0.1, 0.15) is 0 Å². The van der Waals surface area contributed by atoms with E-state index in [1.54, 1.807) is 18.0 Å². The smallest absolute Gasteiger partial charge is 0.243 e. The summed E-state index contributed by atoms with van der Waals surface area (Å²) in [6.07, 6.45) is 1.73. The van der Waals surface area contributed by atoms with Crippen molar-refractivity contribution in [2.45, 2.75) is 9.79 Å². The number of hydrogen-bond donors (Lipinski definition) is 1. The van der Waals surface area contributed by atoms with Gasteiger partial charge in [-0.05, 0) is 12.1 Å². The van der Waals surface area contributed by atoms with Crippen LogP contribution in [-0.2, 0) is 0 Å². The van der Waals surface area contributed by atoms with Gasteiger partial charge >= 0.3 is 0 Å². The zero-order valence-corrected chi connectivity index (χ0v) is 7.47. The van der Waals surface area contributed by atoms with E-state index in [0.717, 1.165) is 16.5 Å². The normalized spacial score (nSPS) is 12.9. The van der Waals surface area contributed by atoms with Crippen molar-refractivity contribution in [2.75, 3.05) is 5.32 Å². The molecule has 2 aromatic rings. The fourth-order valence-corrected chi connectivity index (χ4v) is 2.18. The maximum absolute atomic E-state index is 5.03. The van der Waals surface area contributed by atoms with Crippen LogP contribution in [0.4, 0.5) is 11.6 Å². The van der Waals surface area contributed by atoms with Gasteiger partial charge in [-0.3, -0.25) is 0 Å². The van der Waals surface area contributed by atoms with E-state index < -0.39 is 0 Å². The lowest BCUT2D eigenvalue weighted by atomic mass is 10.3. The summed E-state index contributed by atoms with van der Waals surface area (Å²) in [4.78, 5) is 2.25. The van der Waals surface area contributed by atoms with E-state index in [1.807, 2.05) is 18.2 Å². The lowest BCUT2D eigenvalue weighted by Gasteiger charge is -2.14. The van der Waals surface area contributed by atoms with Crippen LogP contribution in [0.2, 0.25) is 0 Å². The maximum Gasteiger partial charge on any atom is 0.243 e. The molecule has 3 rings (SSSR count). The average Bonchev–Trinajstić information content (AvgIpc) is 2.61. The molecule has 3 nitrogen and oxygen atoms in total. The third kappa shape index (κ3) is 1.02. The van der Waals surface area contributed by atoms with E-state index in [2.05, 4.69) is 16.5 Å². The molecule has 1 aliphatic heterocycles. The number of rotatable bonds is 0. The maximum atomic E-state index is 5.03. The second-order valence-corrected chi connectivity index (χ2v) is 3.83. The molecule has 0 atom stereocenters. The molecule has 4 heteroatoms. The van der Waals surface area contributed by atoms with Crippen molar-refractivity contribution in [3.8, 4) is 0 Å². The minimum Gasteiger partial charge on any atom is -0.337 e. The van der Waals surface area contributed by atoms with Crippen LogP contribution in [0.3, 0.4) is 0 Å². The van der Waals surface area contributed by atoms with Gasteiger partial charge in [-0.25, -0.2) is 0 Å². The van der Waals surface area contributed by atoms with E-state index in [1.165, 1.54) is 4.90 Å². The molecule has 13 heavy (non-hydrogen) atoms. The molecule has 0 bridgehead atoms. The zero-order chi connectivity index (χ0) is 8.67. The van der Waals surface area contributed by atoms with Crippen molar-refractivity contribution in [1.29, 1.82) is 0 Å². The molecule has 1 aromatic heterocycles. The van der Waals surface area contributed by atoms with Gasteiger partial charge in [0, 0.05) is 4.90 Å². The summed E-state index contributed by atoms with van der Waals surface area (Å²) in [6.45, 7) is 0. The number of fused-ring (bicyclic) bond motifs is 2. The van der Waals surface area contributed by atoms with Crippen molar-refractivity contribution in [1.82, 2.24) is 5.16 Å². The number of nitrogens with one attached hydrogen (secondary N) is 1. The molecule has 64 valence electrons. The summed E-state index contributed by atoms with van der Waals surface area (Å²) < 4.78 is 5.03. The minimum atomic E-state index is 0.740. The number of benzene rings is 1. The molecule has 1 aliphatic rings. The van der Waals surface area contributed by atoms with Gasteiger partial charge < -0.3 is 9.84 Å². The molecular weight excluding hydrogens is 184 g/mol. The van der Waals surface area contributed by atoms with Crippen molar-refractivity contribution < 1.29 is 4.52 Å². The third-order valence-electron chi connectivity index (χ3n) is 1.89. The van der Waals surface area contributed by atoms with Crippen molar-refractivity contribution in [3.05, 3.63) is 30.5 Å². The fourth-order valence-electron chi connectivity index (χ4n) is 1.29. The lowest BCUT2D eigenvalue weighted by molar-refractivity contribution is 0.433. The molecular formula is C9H6N2OS. The molecule has 0 saturated heterocycles. The first-order valence-electron chi connectivity index (χ1n) is 3.92. The summed E-state index contributed by atoms with van der Waals surface area (Å²) in [7, 11) is 0. The van der Waals surface area contributed by atoms with E-state index >= 15 is 0 Å². The van der Waals surface area contributed by atoms with E-state index in [9.17, 15) is 0 Å². The predicted octanol–water partition coefficient (Wildman–Crippen LogP) is 2.88. The average molecular weight is 190 g/mol. The second-order valence-electron chi connectivity index (χ2n) is 2.74. The van der Waals surface area contributed by atoms with Gasteiger partial charge in [-0.2, -0.15) is 0 Å². The zero-order valence-electron chi connectivity index (χ0n) is 6.65. The highest BCUT2D eigenvalue weighted by atomic mass is 32.2. The Morgan fingerprint density at radius 2 is 2.15 bits per heavy atom. The molecule has 2 heterocycles. The van der Waals surface area contributed by atoms with Crippen molar-refractivity contribution >= 4 is 23.3 Å². The summed E-state index contributed by atoms with van der Waals surface area (Å²) in [5.74, 6) is 0.740. The standard InChI is InChI=1S/C9H6N2OS/c1-2-4-7-6(3-1)11-9-8(13-7)5-10-12-9/h1-5,11H. The fraction of sp³-hybridized carbons (Fsp3) is 0. The highest BCUT2D eigenvalue weighted by Gasteiger charge is 2.17. The minimum absolute atomic E-state index is 0.740. The molecule has 1 N–H and O–H groups in total. The molecule has 0 fully saturated rings. The summed E-state index contributed by atoms with van der Waals surface area (Å²) in [6, 6.07) is 8.11. The Kier molecular flexibility index (Phi) is 1.37. The van der Waals surface area contributed by atoms with Crippen molar-refractivity contribution in [3.63, 3.8) is 0 Å².